The first-order chi connectivity index (χ1) is 6.79. The van der Waals surface area contributed by atoms with Gasteiger partial charge in [0.2, 0.25) is 0 Å². The van der Waals surface area contributed by atoms with Gasteiger partial charge in [-0.25, -0.2) is 9.78 Å². The summed E-state index contributed by atoms with van der Waals surface area (Å²) in [6, 6.07) is 0. The van der Waals surface area contributed by atoms with Crippen LogP contribution in [0, 0.1) is 0 Å². The number of aromatic nitrogens is 1. The van der Waals surface area contributed by atoms with Crippen LogP contribution in [-0.2, 0) is 4.74 Å². The smallest absolute Gasteiger partial charge is 0.415 e. The lowest BCUT2D eigenvalue weighted by Gasteiger charge is -2.23. The molecule has 4 nitrogen and oxygen atoms in total. The number of hydrogen-bond donors (Lipinski definition) is 0. The summed E-state index contributed by atoms with van der Waals surface area (Å²) in [6.07, 6.45) is 1.25. The number of anilines is 1. The van der Waals surface area contributed by atoms with Crippen molar-refractivity contribution in [1.29, 1.82) is 0 Å². The molecule has 0 N–H and O–H groups in total. The Morgan fingerprint density at radius 1 is 1.60 bits per heavy atom. The third-order valence-corrected chi connectivity index (χ3v) is 3.02. The number of halogens is 1. The normalized spacial score (nSPS) is 11.3. The summed E-state index contributed by atoms with van der Waals surface area (Å²) < 4.78 is 5.96. The standard InChI is InChI=1S/C9H13BrN2O2S/c1-9(2,3)14-8(13)12(4)6-5-11-7(10)15-6/h5H,1-4H3. The highest BCUT2D eigenvalue weighted by Gasteiger charge is 2.21. The number of rotatable bonds is 1. The van der Waals surface area contributed by atoms with Gasteiger partial charge in [-0.3, -0.25) is 4.90 Å². The maximum atomic E-state index is 11.6. The fourth-order valence-electron chi connectivity index (χ4n) is 0.820. The van der Waals surface area contributed by atoms with Crippen molar-refractivity contribution in [3.63, 3.8) is 0 Å². The third-order valence-electron chi connectivity index (χ3n) is 1.46. The van der Waals surface area contributed by atoms with E-state index < -0.39 is 5.60 Å². The van der Waals surface area contributed by atoms with E-state index in [4.69, 9.17) is 4.74 Å². The van der Waals surface area contributed by atoms with Crippen LogP contribution in [0.1, 0.15) is 20.8 Å². The van der Waals surface area contributed by atoms with Gasteiger partial charge in [-0.1, -0.05) is 11.3 Å². The Labute approximate surface area is 101 Å². The second-order valence-electron chi connectivity index (χ2n) is 3.99. The molecule has 0 saturated carbocycles. The number of hydrogen-bond acceptors (Lipinski definition) is 4. The van der Waals surface area contributed by atoms with Crippen LogP contribution in [0.5, 0.6) is 0 Å². The second-order valence-corrected chi connectivity index (χ2v) is 6.28. The molecular weight excluding hydrogens is 280 g/mol. The zero-order valence-corrected chi connectivity index (χ0v) is 11.5. The Kier molecular flexibility index (Phi) is 3.72. The van der Waals surface area contributed by atoms with E-state index in [0.29, 0.717) is 0 Å². The van der Waals surface area contributed by atoms with E-state index in [1.807, 2.05) is 20.8 Å². The molecule has 1 aromatic rings. The van der Waals surface area contributed by atoms with Crippen LogP contribution in [0.2, 0.25) is 0 Å². The maximum absolute atomic E-state index is 11.6. The van der Waals surface area contributed by atoms with Crippen molar-refractivity contribution in [2.45, 2.75) is 26.4 Å². The summed E-state index contributed by atoms with van der Waals surface area (Å²) in [5, 5.41) is 0.746. The van der Waals surface area contributed by atoms with Gasteiger partial charge >= 0.3 is 6.09 Å². The topological polar surface area (TPSA) is 42.4 Å². The van der Waals surface area contributed by atoms with Gasteiger partial charge in [0.25, 0.3) is 0 Å². The van der Waals surface area contributed by atoms with Crippen molar-refractivity contribution in [3.8, 4) is 0 Å². The number of carbonyl (C=O) groups is 1. The second kappa shape index (κ2) is 4.49. The SMILES string of the molecule is CN(C(=O)OC(C)(C)C)c1cnc(Br)s1. The third kappa shape index (κ3) is 3.79. The first-order valence-corrected chi connectivity index (χ1v) is 5.98. The average Bonchev–Trinajstić information content (AvgIpc) is 2.47. The molecule has 1 heterocycles. The van der Waals surface area contributed by atoms with Gasteiger partial charge in [0.05, 0.1) is 6.20 Å². The van der Waals surface area contributed by atoms with E-state index in [1.165, 1.54) is 16.2 Å². The van der Waals surface area contributed by atoms with E-state index in [9.17, 15) is 4.79 Å². The Morgan fingerprint density at radius 2 is 2.20 bits per heavy atom. The van der Waals surface area contributed by atoms with Gasteiger partial charge in [0.15, 0.2) is 3.92 Å². The summed E-state index contributed by atoms with van der Waals surface area (Å²) >= 11 is 4.62. The van der Waals surface area contributed by atoms with Gasteiger partial charge in [-0.05, 0) is 36.7 Å². The largest absolute Gasteiger partial charge is 0.443 e. The van der Waals surface area contributed by atoms with Crippen LogP contribution >= 0.6 is 27.3 Å². The quantitative estimate of drug-likeness (QED) is 0.798. The lowest BCUT2D eigenvalue weighted by atomic mass is 10.2. The predicted octanol–water partition coefficient (Wildman–Crippen LogP) is 3.28. The van der Waals surface area contributed by atoms with Crippen LogP contribution in [-0.4, -0.2) is 23.7 Å². The van der Waals surface area contributed by atoms with Crippen LogP contribution in [0.3, 0.4) is 0 Å². The van der Waals surface area contributed by atoms with Gasteiger partial charge in [0.1, 0.15) is 10.6 Å². The zero-order chi connectivity index (χ0) is 11.6. The molecular formula is C9H13BrN2O2S. The molecule has 0 aliphatic heterocycles. The molecule has 6 heteroatoms. The molecule has 0 aliphatic carbocycles. The molecule has 0 spiro atoms. The molecule has 0 aliphatic rings. The average molecular weight is 293 g/mol. The molecule has 0 saturated heterocycles. The van der Waals surface area contributed by atoms with Crippen LogP contribution < -0.4 is 4.90 Å². The van der Waals surface area contributed by atoms with E-state index in [1.54, 1.807) is 13.2 Å². The zero-order valence-electron chi connectivity index (χ0n) is 9.07. The summed E-state index contributed by atoms with van der Waals surface area (Å²) in [6.45, 7) is 5.50. The number of carbonyl (C=O) groups excluding carboxylic acids is 1. The van der Waals surface area contributed by atoms with Crippen LogP contribution in [0.15, 0.2) is 10.1 Å². The number of thiazole rings is 1. The minimum absolute atomic E-state index is 0.376. The summed E-state index contributed by atoms with van der Waals surface area (Å²) in [5.41, 5.74) is -0.479. The van der Waals surface area contributed by atoms with E-state index in [-0.39, 0.29) is 6.09 Å². The number of nitrogens with zero attached hydrogens (tertiary/aromatic N) is 2. The molecule has 0 aromatic carbocycles. The van der Waals surface area contributed by atoms with Crippen LogP contribution in [0.25, 0.3) is 0 Å². The molecule has 0 bridgehead atoms. The summed E-state index contributed by atoms with van der Waals surface area (Å²) in [4.78, 5) is 17.1. The van der Waals surface area contributed by atoms with Gasteiger partial charge in [0, 0.05) is 7.05 Å². The highest BCUT2D eigenvalue weighted by Crippen LogP contribution is 2.27. The van der Waals surface area contributed by atoms with Crippen molar-refractivity contribution in [1.82, 2.24) is 4.98 Å². The summed E-state index contributed by atoms with van der Waals surface area (Å²) in [7, 11) is 1.66. The molecule has 1 rings (SSSR count). The molecule has 84 valence electrons. The molecule has 15 heavy (non-hydrogen) atoms. The minimum atomic E-state index is -0.479. The Balaban J connectivity index is 2.69. The van der Waals surface area contributed by atoms with Gasteiger partial charge in [-0.2, -0.15) is 0 Å². The highest BCUT2D eigenvalue weighted by molar-refractivity contribution is 9.11. The molecule has 1 aromatic heterocycles. The van der Waals surface area contributed by atoms with E-state index >= 15 is 0 Å². The monoisotopic (exact) mass is 292 g/mol. The lowest BCUT2D eigenvalue weighted by Crippen LogP contribution is -2.33. The lowest BCUT2D eigenvalue weighted by molar-refractivity contribution is 0.0590. The van der Waals surface area contributed by atoms with Crippen molar-refractivity contribution >= 4 is 38.4 Å². The molecule has 0 unspecified atom stereocenters. The van der Waals surface area contributed by atoms with Gasteiger partial charge in [-0.15, -0.1) is 0 Å². The predicted molar refractivity (Wildman–Crippen MR) is 64.5 cm³/mol. The van der Waals surface area contributed by atoms with E-state index in [0.717, 1.165) is 8.92 Å². The number of ether oxygens (including phenoxy) is 1. The van der Waals surface area contributed by atoms with Crippen LogP contribution in [0.4, 0.5) is 9.80 Å². The van der Waals surface area contributed by atoms with E-state index in [2.05, 4.69) is 20.9 Å². The molecule has 0 atom stereocenters. The first-order valence-electron chi connectivity index (χ1n) is 4.37. The van der Waals surface area contributed by atoms with Crippen molar-refractivity contribution in [3.05, 3.63) is 10.1 Å². The first kappa shape index (κ1) is 12.4. The van der Waals surface area contributed by atoms with Crippen molar-refractivity contribution < 1.29 is 9.53 Å². The molecule has 1 amide bonds. The van der Waals surface area contributed by atoms with Crippen molar-refractivity contribution in [2.75, 3.05) is 11.9 Å². The maximum Gasteiger partial charge on any atom is 0.415 e. The number of amides is 1. The molecule has 0 fully saturated rings. The molecule has 0 radical (unpaired) electrons. The Hall–Kier alpha value is -0.620. The Morgan fingerprint density at radius 3 is 2.60 bits per heavy atom. The minimum Gasteiger partial charge on any atom is -0.443 e. The van der Waals surface area contributed by atoms with Gasteiger partial charge < -0.3 is 4.74 Å². The summed E-state index contributed by atoms with van der Waals surface area (Å²) in [5.74, 6) is 0. The fourth-order valence-corrected chi connectivity index (χ4v) is 2.02. The van der Waals surface area contributed by atoms with Crippen molar-refractivity contribution in [2.24, 2.45) is 0 Å². The fraction of sp³-hybridized carbons (Fsp3) is 0.556. The highest BCUT2D eigenvalue weighted by atomic mass is 79.9. The Bertz CT molecular complexity index is 359.